The molecule has 0 aromatic heterocycles. The van der Waals surface area contributed by atoms with Crippen LogP contribution in [0.5, 0.6) is 0 Å². The predicted octanol–water partition coefficient (Wildman–Crippen LogP) is 6.33. The van der Waals surface area contributed by atoms with Crippen LogP contribution in [-0.2, 0) is 0 Å². The highest BCUT2D eigenvalue weighted by atomic mass is 28.4. The highest BCUT2D eigenvalue weighted by molar-refractivity contribution is 7.04. The van der Waals surface area contributed by atoms with Crippen molar-refractivity contribution in [1.82, 2.24) is 4.23 Å². The van der Waals surface area contributed by atoms with Crippen LogP contribution in [0.1, 0.15) is 0 Å². The van der Waals surface area contributed by atoms with E-state index in [0.717, 1.165) is 5.29 Å². The second-order valence-corrected chi connectivity index (χ2v) is 39.3. The van der Waals surface area contributed by atoms with Gasteiger partial charge in [-0.05, 0) is 11.0 Å². The zero-order valence-corrected chi connectivity index (χ0v) is 23.2. The molecular formula is C16H45NSi5. The first kappa shape index (κ1) is 23.0. The van der Waals surface area contributed by atoms with Gasteiger partial charge in [0, 0.05) is 8.07 Å². The van der Waals surface area contributed by atoms with Crippen molar-refractivity contribution in [2.75, 3.05) is 0 Å². The monoisotopic (exact) mass is 391 g/mol. The van der Waals surface area contributed by atoms with Gasteiger partial charge < -0.3 is 4.23 Å². The molecule has 0 fully saturated rings. The summed E-state index contributed by atoms with van der Waals surface area (Å²) in [6, 6.07) is 0. The molecule has 0 atom stereocenters. The van der Waals surface area contributed by atoms with Gasteiger partial charge in [0.15, 0.2) is 0 Å². The lowest BCUT2D eigenvalue weighted by Crippen LogP contribution is -2.76. The molecule has 0 spiro atoms. The van der Waals surface area contributed by atoms with Crippen molar-refractivity contribution in [2.24, 2.45) is 0 Å². The summed E-state index contributed by atoms with van der Waals surface area (Å²) in [5.74, 6) is 0. The van der Waals surface area contributed by atoms with Crippen molar-refractivity contribution in [1.29, 1.82) is 0 Å². The van der Waals surface area contributed by atoms with E-state index in [2.05, 4.69) is 95.9 Å². The third-order valence-corrected chi connectivity index (χ3v) is 29.1. The normalized spacial score (nSPS) is 15.8. The van der Waals surface area contributed by atoms with Crippen molar-refractivity contribution in [3.8, 4) is 0 Å². The van der Waals surface area contributed by atoms with E-state index in [1.807, 2.05) is 0 Å². The first-order valence-corrected chi connectivity index (χ1v) is 26.5. The van der Waals surface area contributed by atoms with Crippen LogP contribution < -0.4 is 0 Å². The molecule has 0 saturated heterocycles. The van der Waals surface area contributed by atoms with Gasteiger partial charge in [0.2, 0.25) is 0 Å². The zero-order valence-electron chi connectivity index (χ0n) is 18.2. The van der Waals surface area contributed by atoms with E-state index in [4.69, 9.17) is 0 Å². The minimum absolute atomic E-state index is 0.935. The molecule has 0 aliphatic rings. The summed E-state index contributed by atoms with van der Waals surface area (Å²) in [5, 5.41) is 0.935. The molecule has 0 aromatic rings. The fraction of sp³-hybridized carbons (Fsp3) is 1.00. The van der Waals surface area contributed by atoms with Gasteiger partial charge in [-0.3, -0.25) is 0 Å². The highest BCUT2D eigenvalue weighted by Crippen LogP contribution is 2.36. The van der Waals surface area contributed by atoms with Gasteiger partial charge in [0.1, 0.15) is 16.5 Å². The van der Waals surface area contributed by atoms with Crippen LogP contribution in [0.3, 0.4) is 0 Å². The molecule has 6 heteroatoms. The average molecular weight is 392 g/mol. The average Bonchev–Trinajstić information content (AvgIpc) is 2.02. The fourth-order valence-electron chi connectivity index (χ4n) is 5.10. The second-order valence-electron chi connectivity index (χ2n) is 12.2. The highest BCUT2D eigenvalue weighted by Gasteiger charge is 2.51. The molecule has 0 amide bonds. The molecule has 0 aromatic carbocycles. The summed E-state index contributed by atoms with van der Waals surface area (Å²) in [5.41, 5.74) is 1.55. The summed E-state index contributed by atoms with van der Waals surface area (Å²) in [6.07, 6.45) is 0. The topological polar surface area (TPSA) is 3.24 Å². The molecule has 0 aliphatic carbocycles. The van der Waals surface area contributed by atoms with Crippen LogP contribution in [0.4, 0.5) is 0 Å². The van der Waals surface area contributed by atoms with Gasteiger partial charge in [-0.25, -0.2) is 0 Å². The molecule has 134 valence electrons. The maximum Gasteiger partial charge on any atom is 0.112 e. The van der Waals surface area contributed by atoms with Gasteiger partial charge in [-0.1, -0.05) is 91.7 Å². The standard InChI is InChI=1S/C16H45NSi5/c1-18(2,3)15-22(13,14)17(21(10,11)12)16(19(4,5)6)20(7,8)9/h16H,15H2,1-14H3. The lowest BCUT2D eigenvalue weighted by molar-refractivity contribution is 0.640. The van der Waals surface area contributed by atoms with E-state index in [1.54, 1.807) is 5.67 Å². The Labute approximate surface area is 147 Å². The maximum atomic E-state index is 3.25. The third kappa shape index (κ3) is 6.88. The summed E-state index contributed by atoms with van der Waals surface area (Å²) >= 11 is 0. The Morgan fingerprint density at radius 3 is 1.09 bits per heavy atom. The minimum atomic E-state index is -1.36. The SMILES string of the molecule is C[Si](C)(C)C[Si](C)(C)N(C([Si](C)(C)C)[Si](C)(C)C)[Si](C)(C)C. The van der Waals surface area contributed by atoms with Crippen LogP contribution in [0.15, 0.2) is 0 Å². The predicted molar refractivity (Wildman–Crippen MR) is 121 cm³/mol. The van der Waals surface area contributed by atoms with E-state index >= 15 is 0 Å². The molecule has 1 nitrogen and oxygen atoms in total. The Kier molecular flexibility index (Phi) is 7.07. The van der Waals surface area contributed by atoms with Gasteiger partial charge in [0.25, 0.3) is 0 Å². The van der Waals surface area contributed by atoms with Gasteiger partial charge in [-0.15, -0.1) is 0 Å². The quantitative estimate of drug-likeness (QED) is 0.458. The Balaban J connectivity index is 6.13. The molecule has 0 radical (unpaired) electrons. The molecule has 0 bridgehead atoms. The number of hydrogen-bond donors (Lipinski definition) is 0. The Morgan fingerprint density at radius 1 is 0.591 bits per heavy atom. The second kappa shape index (κ2) is 6.75. The van der Waals surface area contributed by atoms with Crippen LogP contribution in [0.2, 0.25) is 97.3 Å². The van der Waals surface area contributed by atoms with E-state index < -0.39 is 40.7 Å². The molecule has 0 heterocycles. The lowest BCUT2D eigenvalue weighted by Gasteiger charge is -2.58. The Bertz CT molecular complexity index is 352. The minimum Gasteiger partial charge on any atom is -0.348 e. The number of rotatable bonds is 7. The van der Waals surface area contributed by atoms with Crippen LogP contribution in [0.25, 0.3) is 0 Å². The van der Waals surface area contributed by atoms with Gasteiger partial charge in [0.05, 0.1) is 16.1 Å². The smallest absolute Gasteiger partial charge is 0.112 e. The van der Waals surface area contributed by atoms with E-state index in [1.165, 1.54) is 0 Å². The van der Waals surface area contributed by atoms with E-state index in [0.29, 0.717) is 0 Å². The van der Waals surface area contributed by atoms with Crippen molar-refractivity contribution in [3.05, 3.63) is 0 Å². The van der Waals surface area contributed by atoms with Crippen molar-refractivity contribution in [3.63, 3.8) is 0 Å². The molecule has 0 aliphatic heterocycles. The molecular weight excluding hydrogens is 347 g/mol. The van der Waals surface area contributed by atoms with Crippen molar-refractivity contribution >= 4 is 40.7 Å². The van der Waals surface area contributed by atoms with Crippen LogP contribution in [-0.4, -0.2) is 50.2 Å². The Hall–Kier alpha value is 1.04. The number of nitrogens with zero attached hydrogens (tertiary/aromatic N) is 1. The van der Waals surface area contributed by atoms with Crippen molar-refractivity contribution in [2.45, 2.75) is 103 Å². The molecule has 0 saturated carbocycles. The lowest BCUT2D eigenvalue weighted by atomic mass is 11.4. The summed E-state index contributed by atoms with van der Waals surface area (Å²) in [4.78, 5) is 0. The zero-order chi connectivity index (χ0) is 18.4. The van der Waals surface area contributed by atoms with Crippen LogP contribution >= 0.6 is 0 Å². The number of hydrogen-bond acceptors (Lipinski definition) is 1. The summed E-state index contributed by atoms with van der Waals surface area (Å²) in [7, 11) is -6.12. The molecule has 0 unspecified atom stereocenters. The first-order valence-electron chi connectivity index (χ1n) is 8.99. The third-order valence-electron chi connectivity index (χ3n) is 4.24. The fourth-order valence-corrected chi connectivity index (χ4v) is 46.6. The van der Waals surface area contributed by atoms with Gasteiger partial charge in [-0.2, -0.15) is 0 Å². The summed E-state index contributed by atoms with van der Waals surface area (Å²) in [6.45, 7) is 36.7. The van der Waals surface area contributed by atoms with Crippen LogP contribution in [0, 0.1) is 0 Å². The summed E-state index contributed by atoms with van der Waals surface area (Å²) < 4.78 is 3.25. The molecule has 22 heavy (non-hydrogen) atoms. The van der Waals surface area contributed by atoms with E-state index in [-0.39, 0.29) is 0 Å². The van der Waals surface area contributed by atoms with E-state index in [9.17, 15) is 0 Å². The van der Waals surface area contributed by atoms with Crippen molar-refractivity contribution < 1.29 is 0 Å². The first-order chi connectivity index (χ1) is 9.20. The Morgan fingerprint density at radius 2 is 0.909 bits per heavy atom. The molecule has 0 N–H and O–H groups in total. The maximum absolute atomic E-state index is 3.25. The largest absolute Gasteiger partial charge is 0.348 e. The molecule has 0 rings (SSSR count). The van der Waals surface area contributed by atoms with Gasteiger partial charge >= 0.3 is 0 Å².